The first-order chi connectivity index (χ1) is 26.8. The number of aromatic hydroxyl groups is 1. The van der Waals surface area contributed by atoms with Crippen LogP contribution in [-0.2, 0) is 29.4 Å². The van der Waals surface area contributed by atoms with Gasteiger partial charge in [-0.3, -0.25) is 34.3 Å². The molecule has 12 nitrogen and oxygen atoms in total. The Morgan fingerprint density at radius 2 is 1.66 bits per heavy atom. The number of ether oxygens (including phenoxy) is 2. The van der Waals surface area contributed by atoms with Gasteiger partial charge in [-0.05, 0) is 111 Å². The fourth-order valence-electron chi connectivity index (χ4n) is 9.17. The Bertz CT molecular complexity index is 2180. The van der Waals surface area contributed by atoms with Crippen LogP contribution in [0.15, 0.2) is 69.1 Å². The highest BCUT2D eigenvalue weighted by Crippen LogP contribution is 2.65. The van der Waals surface area contributed by atoms with Gasteiger partial charge in [-0.15, -0.1) is 0 Å². The highest BCUT2D eigenvalue weighted by Gasteiger charge is 2.70. The highest BCUT2D eigenvalue weighted by atomic mass is 79.9. The molecule has 6 atom stereocenters. The Hall–Kier alpha value is -4.11. The third-order valence-corrected chi connectivity index (χ3v) is 14.4. The second kappa shape index (κ2) is 15.7. The minimum absolute atomic E-state index is 0.00220. The Balaban J connectivity index is 1.41. The number of fused-ring (bicyclic) bond motifs is 4. The van der Waals surface area contributed by atoms with Crippen LogP contribution in [0.5, 0.6) is 17.2 Å². The molecule has 7 rings (SSSR count). The Morgan fingerprint density at radius 1 is 0.929 bits per heavy atom. The molecule has 2 heterocycles. The zero-order valence-corrected chi connectivity index (χ0v) is 34.9. The average molecular weight is 934 g/mol. The summed E-state index contributed by atoms with van der Waals surface area (Å²) in [6, 6.07) is 13.2. The largest absolute Gasteiger partial charge is 0.503 e. The van der Waals surface area contributed by atoms with Crippen molar-refractivity contribution in [3.8, 4) is 17.2 Å². The summed E-state index contributed by atoms with van der Waals surface area (Å²) in [5.74, 6) is -6.38. The van der Waals surface area contributed by atoms with Crippen molar-refractivity contribution in [1.29, 1.82) is 0 Å². The predicted molar refractivity (Wildman–Crippen MR) is 214 cm³/mol. The molecule has 56 heavy (non-hydrogen) atoms. The topological polar surface area (TPSA) is 163 Å². The number of benzene rings is 3. The van der Waals surface area contributed by atoms with Gasteiger partial charge in [-0.1, -0.05) is 53.4 Å². The van der Waals surface area contributed by atoms with E-state index in [0.29, 0.717) is 51.2 Å². The molecule has 3 fully saturated rings. The standard InChI is InChI=1S/C40H37Br2Cl2N3O9/c1-55-21-10-7-19(8-11-21)40-26(37(52)47(39(40)54)45-28-14-9-20(43)16-27(28)44)17-24-22(32(40)25-18-29(56-2)35(50)34(42)33(25)41)12-13-23-31(24)38(53)46(36(23)51)15-5-3-4-6-30(48)49/h7-12,14,16,18,23-24,26,31-32,45,50H,3-6,13,15,17H2,1-2H3,(H,48,49)/t23-,24+,26-,31-,32+,40+/m0/s1. The normalized spacial score (nSPS) is 25.5. The number of methoxy groups -OCH3 is 2. The number of nitrogens with zero attached hydrogens (tertiary/aromatic N) is 2. The molecule has 2 aliphatic heterocycles. The van der Waals surface area contributed by atoms with E-state index < -0.39 is 52.8 Å². The molecule has 4 aliphatic rings. The van der Waals surface area contributed by atoms with Crippen LogP contribution < -0.4 is 14.9 Å². The fraction of sp³-hybridized carbons (Fsp3) is 0.375. The highest BCUT2D eigenvalue weighted by molar-refractivity contribution is 9.13. The van der Waals surface area contributed by atoms with Crippen molar-refractivity contribution >= 4 is 90.3 Å². The molecular weight excluding hydrogens is 897 g/mol. The van der Waals surface area contributed by atoms with Gasteiger partial charge in [0.25, 0.3) is 11.8 Å². The number of hydrazine groups is 1. The number of unbranched alkanes of at least 4 members (excludes halogenated alkanes) is 2. The van der Waals surface area contributed by atoms with E-state index in [9.17, 15) is 19.5 Å². The maximum atomic E-state index is 15.5. The van der Waals surface area contributed by atoms with Gasteiger partial charge in [0.05, 0.1) is 52.6 Å². The molecule has 2 saturated heterocycles. The number of hydrogen-bond acceptors (Lipinski definition) is 9. The third-order valence-electron chi connectivity index (χ3n) is 11.6. The number of aliphatic carboxylic acids is 1. The maximum absolute atomic E-state index is 15.5. The second-order valence-corrected chi connectivity index (χ2v) is 16.8. The molecule has 16 heteroatoms. The minimum Gasteiger partial charge on any atom is -0.503 e. The number of allylic oxidation sites excluding steroid dienone is 2. The van der Waals surface area contributed by atoms with Gasteiger partial charge in [0.2, 0.25) is 11.8 Å². The summed E-state index contributed by atoms with van der Waals surface area (Å²) in [6.45, 7) is 0.152. The molecule has 3 aromatic rings. The number of hydrogen-bond donors (Lipinski definition) is 3. The van der Waals surface area contributed by atoms with Crippen LogP contribution in [0.4, 0.5) is 5.69 Å². The number of amides is 4. The van der Waals surface area contributed by atoms with Crippen molar-refractivity contribution < 1.29 is 43.7 Å². The van der Waals surface area contributed by atoms with Crippen molar-refractivity contribution in [2.45, 2.75) is 49.9 Å². The summed E-state index contributed by atoms with van der Waals surface area (Å²) in [4.78, 5) is 71.2. The van der Waals surface area contributed by atoms with Crippen LogP contribution in [0.25, 0.3) is 0 Å². The fourth-order valence-corrected chi connectivity index (χ4v) is 10.6. The van der Waals surface area contributed by atoms with Gasteiger partial charge in [0, 0.05) is 28.4 Å². The van der Waals surface area contributed by atoms with Gasteiger partial charge in [0.15, 0.2) is 11.5 Å². The molecule has 0 aromatic heterocycles. The van der Waals surface area contributed by atoms with E-state index in [4.69, 9.17) is 37.8 Å². The quantitative estimate of drug-likeness (QED) is 0.0926. The summed E-state index contributed by atoms with van der Waals surface area (Å²) < 4.78 is 11.7. The number of carbonyl (C=O) groups excluding carboxylic acids is 4. The number of imide groups is 2. The number of carbonyl (C=O) groups is 5. The summed E-state index contributed by atoms with van der Waals surface area (Å²) in [6.07, 6.45) is 3.62. The molecular formula is C40H37Br2Cl2N3O9. The van der Waals surface area contributed by atoms with Crippen LogP contribution in [-0.4, -0.2) is 70.5 Å². The van der Waals surface area contributed by atoms with Gasteiger partial charge < -0.3 is 19.7 Å². The van der Waals surface area contributed by atoms with Crippen LogP contribution in [0.2, 0.25) is 10.0 Å². The lowest BCUT2D eigenvalue weighted by Gasteiger charge is -2.51. The van der Waals surface area contributed by atoms with E-state index in [2.05, 4.69) is 37.3 Å². The number of carboxylic acids is 1. The Labute approximate surface area is 349 Å². The molecule has 4 amide bonds. The predicted octanol–water partition coefficient (Wildman–Crippen LogP) is 7.87. The van der Waals surface area contributed by atoms with E-state index >= 15 is 9.59 Å². The average Bonchev–Trinajstić information content (AvgIpc) is 3.55. The second-order valence-electron chi connectivity index (χ2n) is 14.4. The molecule has 0 spiro atoms. The van der Waals surface area contributed by atoms with Crippen LogP contribution in [0, 0.1) is 23.7 Å². The van der Waals surface area contributed by atoms with Gasteiger partial charge >= 0.3 is 5.97 Å². The first-order valence-corrected chi connectivity index (χ1v) is 20.4. The smallest absolute Gasteiger partial charge is 0.303 e. The third kappa shape index (κ3) is 6.46. The molecule has 0 unspecified atom stereocenters. The van der Waals surface area contributed by atoms with Crippen LogP contribution >= 0.6 is 55.1 Å². The lowest BCUT2D eigenvalue weighted by molar-refractivity contribution is -0.141. The summed E-state index contributed by atoms with van der Waals surface area (Å²) >= 11 is 19.9. The van der Waals surface area contributed by atoms with E-state index in [1.165, 1.54) is 25.2 Å². The molecule has 0 radical (unpaired) electrons. The summed E-state index contributed by atoms with van der Waals surface area (Å²) in [5.41, 5.74) is 3.32. The molecule has 1 saturated carbocycles. The monoisotopic (exact) mass is 931 g/mol. The van der Waals surface area contributed by atoms with Crippen molar-refractivity contribution in [3.63, 3.8) is 0 Å². The number of anilines is 1. The minimum atomic E-state index is -1.64. The number of rotatable bonds is 12. The first kappa shape index (κ1) is 40.1. The lowest BCUT2D eigenvalue weighted by atomic mass is 9.49. The zero-order valence-electron chi connectivity index (χ0n) is 30.2. The lowest BCUT2D eigenvalue weighted by Crippen LogP contribution is -2.53. The van der Waals surface area contributed by atoms with Crippen molar-refractivity contribution in [1.82, 2.24) is 9.91 Å². The number of nitrogens with one attached hydrogen (secondary N) is 1. The number of carboxylic acid groups (broad SMARTS) is 1. The Kier molecular flexibility index (Phi) is 11.2. The number of likely N-dealkylation sites (tertiary alicyclic amines) is 1. The molecule has 294 valence electrons. The zero-order chi connectivity index (χ0) is 40.2. The van der Waals surface area contributed by atoms with Gasteiger partial charge in [-0.25, -0.2) is 0 Å². The van der Waals surface area contributed by atoms with E-state index in [-0.39, 0.29) is 64.3 Å². The van der Waals surface area contributed by atoms with Crippen molar-refractivity contribution in [2.75, 3.05) is 26.2 Å². The van der Waals surface area contributed by atoms with E-state index in [1.54, 1.807) is 42.5 Å². The van der Waals surface area contributed by atoms with Crippen molar-refractivity contribution in [2.24, 2.45) is 23.7 Å². The molecule has 3 N–H and O–H groups in total. The van der Waals surface area contributed by atoms with E-state index in [1.807, 2.05) is 6.08 Å². The summed E-state index contributed by atoms with van der Waals surface area (Å²) in [5, 5.41) is 21.6. The number of halogens is 4. The van der Waals surface area contributed by atoms with Crippen LogP contribution in [0.1, 0.15) is 55.6 Å². The Morgan fingerprint density at radius 3 is 2.32 bits per heavy atom. The number of phenolic OH excluding ortho intramolecular Hbond substituents is 1. The van der Waals surface area contributed by atoms with Crippen LogP contribution in [0.3, 0.4) is 0 Å². The van der Waals surface area contributed by atoms with Gasteiger partial charge in [-0.2, -0.15) is 5.01 Å². The molecule has 0 bridgehead atoms. The number of phenols is 1. The maximum Gasteiger partial charge on any atom is 0.303 e. The summed E-state index contributed by atoms with van der Waals surface area (Å²) in [7, 11) is 2.93. The van der Waals surface area contributed by atoms with E-state index in [0.717, 1.165) is 5.01 Å². The molecule has 2 aliphatic carbocycles. The SMILES string of the molecule is COc1ccc([C@@]23C(=O)N(Nc4ccc(Cl)cc4Cl)C(=O)[C@@H]2C[C@@H]2C(=CC[C@@H]4C(=O)N(CCCCCC(=O)O)C(=O)[C@@H]42)[C@@H]3c2cc(OC)c(O)c(Br)c2Br)cc1. The first-order valence-electron chi connectivity index (χ1n) is 18.0. The molecule has 3 aromatic carbocycles. The van der Waals surface area contributed by atoms with Crippen molar-refractivity contribution in [3.05, 3.63) is 90.3 Å². The van der Waals surface area contributed by atoms with Gasteiger partial charge in [0.1, 0.15) is 5.75 Å².